The van der Waals surface area contributed by atoms with Gasteiger partial charge >= 0.3 is 0 Å². The van der Waals surface area contributed by atoms with Crippen molar-refractivity contribution in [3.05, 3.63) is 53.7 Å². The van der Waals surface area contributed by atoms with Gasteiger partial charge in [0.2, 0.25) is 0 Å². The third-order valence-corrected chi connectivity index (χ3v) is 2.88. The lowest BCUT2D eigenvalue weighted by molar-refractivity contribution is 0.505. The van der Waals surface area contributed by atoms with Crippen molar-refractivity contribution in [2.45, 2.75) is 19.5 Å². The number of furan rings is 1. The van der Waals surface area contributed by atoms with Crippen LogP contribution in [0.2, 0.25) is 0 Å². The Labute approximate surface area is 106 Å². The van der Waals surface area contributed by atoms with Gasteiger partial charge in [0.15, 0.2) is 0 Å². The zero-order valence-electron chi connectivity index (χ0n) is 10.6. The van der Waals surface area contributed by atoms with Crippen molar-refractivity contribution < 1.29 is 8.81 Å². The SMILES string of the molecule is C[C@H](N)c1ccc(N(C)Cc2ccco2)c(F)c1. The first kappa shape index (κ1) is 12.6. The van der Waals surface area contributed by atoms with E-state index in [1.165, 1.54) is 6.07 Å². The molecule has 96 valence electrons. The van der Waals surface area contributed by atoms with Gasteiger partial charge in [-0.3, -0.25) is 0 Å². The Balaban J connectivity index is 2.17. The molecule has 0 radical (unpaired) electrons. The fourth-order valence-corrected chi connectivity index (χ4v) is 1.84. The van der Waals surface area contributed by atoms with E-state index in [1.807, 2.05) is 32.2 Å². The second-order valence-corrected chi connectivity index (χ2v) is 4.43. The predicted octanol–water partition coefficient (Wildman–Crippen LogP) is 3.07. The summed E-state index contributed by atoms with van der Waals surface area (Å²) in [6, 6.07) is 8.60. The van der Waals surface area contributed by atoms with Gasteiger partial charge in [-0.2, -0.15) is 0 Å². The Morgan fingerprint density at radius 1 is 1.39 bits per heavy atom. The second-order valence-electron chi connectivity index (χ2n) is 4.43. The van der Waals surface area contributed by atoms with E-state index in [1.54, 1.807) is 17.2 Å². The summed E-state index contributed by atoms with van der Waals surface area (Å²) in [5, 5.41) is 0. The molecule has 0 bridgehead atoms. The molecule has 0 amide bonds. The quantitative estimate of drug-likeness (QED) is 0.904. The van der Waals surface area contributed by atoms with Crippen molar-refractivity contribution in [2.24, 2.45) is 5.73 Å². The molecule has 3 nitrogen and oxygen atoms in total. The number of halogens is 1. The molecule has 1 aromatic carbocycles. The molecule has 0 aliphatic carbocycles. The van der Waals surface area contributed by atoms with Gasteiger partial charge in [0.05, 0.1) is 18.5 Å². The van der Waals surface area contributed by atoms with E-state index in [0.717, 1.165) is 11.3 Å². The van der Waals surface area contributed by atoms with E-state index < -0.39 is 0 Å². The molecule has 0 spiro atoms. The van der Waals surface area contributed by atoms with Crippen LogP contribution in [0.25, 0.3) is 0 Å². The Morgan fingerprint density at radius 2 is 2.17 bits per heavy atom. The van der Waals surface area contributed by atoms with Crippen LogP contribution in [-0.4, -0.2) is 7.05 Å². The minimum atomic E-state index is -0.265. The topological polar surface area (TPSA) is 42.4 Å². The van der Waals surface area contributed by atoms with Gasteiger partial charge in [-0.1, -0.05) is 6.07 Å². The van der Waals surface area contributed by atoms with Crippen molar-refractivity contribution in [3.63, 3.8) is 0 Å². The molecule has 2 N–H and O–H groups in total. The van der Waals surface area contributed by atoms with Crippen LogP contribution < -0.4 is 10.6 Å². The van der Waals surface area contributed by atoms with E-state index in [2.05, 4.69) is 0 Å². The zero-order valence-corrected chi connectivity index (χ0v) is 10.6. The van der Waals surface area contributed by atoms with Crippen LogP contribution in [0.4, 0.5) is 10.1 Å². The molecule has 2 rings (SSSR count). The Kier molecular flexibility index (Phi) is 3.67. The largest absolute Gasteiger partial charge is 0.467 e. The first-order chi connectivity index (χ1) is 8.58. The van der Waals surface area contributed by atoms with Crippen LogP contribution in [0.15, 0.2) is 41.0 Å². The number of nitrogens with zero attached hydrogens (tertiary/aromatic N) is 1. The summed E-state index contributed by atoms with van der Waals surface area (Å²) in [5.74, 6) is 0.534. The maximum absolute atomic E-state index is 14.0. The minimum absolute atomic E-state index is 0.163. The number of nitrogens with two attached hydrogens (primary N) is 1. The van der Waals surface area contributed by atoms with Gasteiger partial charge < -0.3 is 15.1 Å². The van der Waals surface area contributed by atoms with Gasteiger partial charge in [0.25, 0.3) is 0 Å². The lowest BCUT2D eigenvalue weighted by Crippen LogP contribution is -2.17. The molecule has 2 aromatic rings. The fraction of sp³-hybridized carbons (Fsp3) is 0.286. The summed E-state index contributed by atoms with van der Waals surface area (Å²) in [4.78, 5) is 1.80. The van der Waals surface area contributed by atoms with Gasteiger partial charge in [-0.25, -0.2) is 4.39 Å². The van der Waals surface area contributed by atoms with Crippen LogP contribution in [0.5, 0.6) is 0 Å². The monoisotopic (exact) mass is 248 g/mol. The minimum Gasteiger partial charge on any atom is -0.467 e. The number of hydrogen-bond donors (Lipinski definition) is 1. The molecule has 0 saturated heterocycles. The Bertz CT molecular complexity index is 509. The van der Waals surface area contributed by atoms with Gasteiger partial charge in [0.1, 0.15) is 11.6 Å². The van der Waals surface area contributed by atoms with Crippen molar-refractivity contribution in [2.75, 3.05) is 11.9 Å². The molecule has 1 atom stereocenters. The maximum Gasteiger partial charge on any atom is 0.146 e. The molecule has 4 heteroatoms. The van der Waals surface area contributed by atoms with E-state index >= 15 is 0 Å². The van der Waals surface area contributed by atoms with Crippen LogP contribution in [-0.2, 0) is 6.54 Å². The van der Waals surface area contributed by atoms with E-state index in [0.29, 0.717) is 12.2 Å². The van der Waals surface area contributed by atoms with Gasteiger partial charge in [-0.15, -0.1) is 0 Å². The highest BCUT2D eigenvalue weighted by Gasteiger charge is 2.11. The van der Waals surface area contributed by atoms with Crippen molar-refractivity contribution in [3.8, 4) is 0 Å². The lowest BCUT2D eigenvalue weighted by atomic mass is 10.1. The number of benzene rings is 1. The molecular weight excluding hydrogens is 231 g/mol. The molecule has 0 aliphatic rings. The van der Waals surface area contributed by atoms with Crippen molar-refractivity contribution >= 4 is 5.69 Å². The number of hydrogen-bond acceptors (Lipinski definition) is 3. The molecule has 1 aromatic heterocycles. The average Bonchev–Trinajstić information content (AvgIpc) is 2.81. The normalized spacial score (nSPS) is 12.4. The lowest BCUT2D eigenvalue weighted by Gasteiger charge is -2.19. The van der Waals surface area contributed by atoms with Gasteiger partial charge in [0, 0.05) is 13.1 Å². The number of rotatable bonds is 4. The van der Waals surface area contributed by atoms with Gasteiger partial charge in [-0.05, 0) is 36.8 Å². The third kappa shape index (κ3) is 2.71. The molecular formula is C14H17FN2O. The van der Waals surface area contributed by atoms with E-state index in [4.69, 9.17) is 10.2 Å². The summed E-state index contributed by atoms with van der Waals surface area (Å²) >= 11 is 0. The summed E-state index contributed by atoms with van der Waals surface area (Å²) < 4.78 is 19.2. The molecule has 0 saturated carbocycles. The van der Waals surface area contributed by atoms with Crippen molar-refractivity contribution in [1.82, 2.24) is 0 Å². The second kappa shape index (κ2) is 5.23. The molecule has 0 fully saturated rings. The summed E-state index contributed by atoms with van der Waals surface area (Å²) in [6.07, 6.45) is 1.61. The average molecular weight is 248 g/mol. The standard InChI is InChI=1S/C14H17FN2O/c1-10(16)11-5-6-14(13(15)8-11)17(2)9-12-4-3-7-18-12/h3-8,10H,9,16H2,1-2H3/t10-/m0/s1. The first-order valence-corrected chi connectivity index (χ1v) is 5.86. The van der Waals surface area contributed by atoms with E-state index in [-0.39, 0.29) is 11.9 Å². The van der Waals surface area contributed by atoms with Crippen molar-refractivity contribution in [1.29, 1.82) is 0 Å². The molecule has 1 heterocycles. The highest BCUT2D eigenvalue weighted by molar-refractivity contribution is 5.49. The molecule has 0 unspecified atom stereocenters. The highest BCUT2D eigenvalue weighted by atomic mass is 19.1. The number of anilines is 1. The van der Waals surface area contributed by atoms with Crippen LogP contribution in [0, 0.1) is 5.82 Å². The smallest absolute Gasteiger partial charge is 0.146 e. The first-order valence-electron chi connectivity index (χ1n) is 5.86. The summed E-state index contributed by atoms with van der Waals surface area (Å²) in [7, 11) is 1.83. The summed E-state index contributed by atoms with van der Waals surface area (Å²) in [5.41, 5.74) is 7.06. The van der Waals surface area contributed by atoms with E-state index in [9.17, 15) is 4.39 Å². The zero-order chi connectivity index (χ0) is 13.1. The third-order valence-electron chi connectivity index (χ3n) is 2.88. The molecule has 0 aliphatic heterocycles. The maximum atomic E-state index is 14.0. The summed E-state index contributed by atoms with van der Waals surface area (Å²) in [6.45, 7) is 2.36. The Hall–Kier alpha value is -1.81. The predicted molar refractivity (Wildman–Crippen MR) is 69.8 cm³/mol. The highest BCUT2D eigenvalue weighted by Crippen LogP contribution is 2.23. The Morgan fingerprint density at radius 3 is 2.72 bits per heavy atom. The fourth-order valence-electron chi connectivity index (χ4n) is 1.84. The van der Waals surface area contributed by atoms with Crippen LogP contribution in [0.1, 0.15) is 24.3 Å². The van der Waals surface area contributed by atoms with Crippen LogP contribution >= 0.6 is 0 Å². The molecule has 18 heavy (non-hydrogen) atoms. The van der Waals surface area contributed by atoms with Crippen LogP contribution in [0.3, 0.4) is 0 Å².